The highest BCUT2D eigenvalue weighted by atomic mass is 19.1. The first-order chi connectivity index (χ1) is 8.19. The number of halogens is 1. The zero-order valence-electron chi connectivity index (χ0n) is 9.30. The molecule has 2 rings (SSSR count). The maximum atomic E-state index is 13.2. The van der Waals surface area contributed by atoms with Crippen molar-refractivity contribution in [3.63, 3.8) is 0 Å². The minimum atomic E-state index is -1.36. The van der Waals surface area contributed by atoms with Crippen LogP contribution in [0.4, 0.5) is 4.39 Å². The molecular weight excluding hydrogens is 227 g/mol. The molecule has 0 amide bonds. The highest BCUT2D eigenvalue weighted by Crippen LogP contribution is 2.36. The van der Waals surface area contributed by atoms with Crippen LogP contribution in [0, 0.1) is 5.82 Å². The van der Waals surface area contributed by atoms with Gasteiger partial charge in [-0.05, 0) is 12.1 Å². The highest BCUT2D eigenvalue weighted by Gasteiger charge is 2.45. The summed E-state index contributed by atoms with van der Waals surface area (Å²) in [4.78, 5) is 0. The lowest BCUT2D eigenvalue weighted by Gasteiger charge is -2.32. The number of benzene rings is 1. The largest absolute Gasteiger partial charge is 0.396 e. The number of hydrogen-bond donors (Lipinski definition) is 2. The van der Waals surface area contributed by atoms with Gasteiger partial charge in [0.05, 0.1) is 13.2 Å². The molecule has 0 spiro atoms. The number of hydrogen-bond acceptors (Lipinski definition) is 4. The van der Waals surface area contributed by atoms with Gasteiger partial charge in [-0.2, -0.15) is 0 Å². The van der Waals surface area contributed by atoms with Crippen LogP contribution in [0.25, 0.3) is 0 Å². The molecule has 0 aromatic heterocycles. The molecule has 17 heavy (non-hydrogen) atoms. The fourth-order valence-electron chi connectivity index (χ4n) is 2.00. The standard InChI is InChI=1S/C12H15FO4/c13-10-3-1-2-9(8-10)12(11(15)4-5-14)16-6-7-17-12/h1-3,8,11,14-15H,4-7H2. The van der Waals surface area contributed by atoms with Crippen molar-refractivity contribution in [1.29, 1.82) is 0 Å². The van der Waals surface area contributed by atoms with Gasteiger partial charge in [-0.15, -0.1) is 0 Å². The monoisotopic (exact) mass is 242 g/mol. The number of rotatable bonds is 4. The summed E-state index contributed by atoms with van der Waals surface area (Å²) in [7, 11) is 0. The summed E-state index contributed by atoms with van der Waals surface area (Å²) in [5.74, 6) is -1.78. The third-order valence-corrected chi connectivity index (χ3v) is 2.78. The zero-order valence-corrected chi connectivity index (χ0v) is 9.30. The van der Waals surface area contributed by atoms with E-state index in [1.54, 1.807) is 6.07 Å². The Balaban J connectivity index is 2.34. The lowest BCUT2D eigenvalue weighted by Crippen LogP contribution is -2.41. The first kappa shape index (κ1) is 12.4. The molecule has 0 aliphatic carbocycles. The fraction of sp³-hybridized carbons (Fsp3) is 0.500. The van der Waals surface area contributed by atoms with Gasteiger partial charge < -0.3 is 19.7 Å². The second-order valence-corrected chi connectivity index (χ2v) is 3.90. The number of aliphatic hydroxyl groups excluding tert-OH is 2. The van der Waals surface area contributed by atoms with E-state index in [4.69, 9.17) is 14.6 Å². The first-order valence-electron chi connectivity index (χ1n) is 5.52. The average molecular weight is 242 g/mol. The van der Waals surface area contributed by atoms with E-state index in [2.05, 4.69) is 0 Å². The van der Waals surface area contributed by atoms with Crippen molar-refractivity contribution < 1.29 is 24.1 Å². The summed E-state index contributed by atoms with van der Waals surface area (Å²) in [5.41, 5.74) is 0.427. The normalized spacial score (nSPS) is 20.4. The van der Waals surface area contributed by atoms with Crippen molar-refractivity contribution in [1.82, 2.24) is 0 Å². The fourth-order valence-corrected chi connectivity index (χ4v) is 2.00. The highest BCUT2D eigenvalue weighted by molar-refractivity contribution is 5.23. The van der Waals surface area contributed by atoms with E-state index < -0.39 is 17.7 Å². The van der Waals surface area contributed by atoms with E-state index in [0.717, 1.165) is 0 Å². The van der Waals surface area contributed by atoms with Gasteiger partial charge in [0.15, 0.2) is 0 Å². The predicted molar refractivity (Wildman–Crippen MR) is 57.7 cm³/mol. The molecule has 94 valence electrons. The number of aliphatic hydroxyl groups is 2. The molecule has 1 aromatic rings. The molecule has 4 nitrogen and oxygen atoms in total. The molecule has 1 aromatic carbocycles. The Hall–Kier alpha value is -1.01. The molecule has 1 fully saturated rings. The summed E-state index contributed by atoms with van der Waals surface area (Å²) in [6.45, 7) is 0.475. The Kier molecular flexibility index (Phi) is 3.73. The predicted octanol–water partition coefficient (Wildman–Crippen LogP) is 0.769. The van der Waals surface area contributed by atoms with Gasteiger partial charge in [0.1, 0.15) is 11.9 Å². The number of ether oxygens (including phenoxy) is 2. The second kappa shape index (κ2) is 5.10. The molecule has 2 N–H and O–H groups in total. The van der Waals surface area contributed by atoms with Crippen molar-refractivity contribution in [2.24, 2.45) is 0 Å². The van der Waals surface area contributed by atoms with Crippen LogP contribution >= 0.6 is 0 Å². The third kappa shape index (κ3) is 2.32. The topological polar surface area (TPSA) is 58.9 Å². The van der Waals surface area contributed by atoms with Crippen molar-refractivity contribution in [2.45, 2.75) is 18.3 Å². The van der Waals surface area contributed by atoms with Crippen LogP contribution in [-0.2, 0) is 15.3 Å². The van der Waals surface area contributed by atoms with Crippen LogP contribution < -0.4 is 0 Å². The average Bonchev–Trinajstić information content (AvgIpc) is 2.79. The van der Waals surface area contributed by atoms with E-state index in [1.165, 1.54) is 18.2 Å². The summed E-state index contributed by atoms with van der Waals surface area (Å²) >= 11 is 0. The zero-order chi connectivity index (χ0) is 12.3. The Labute approximate surface area is 98.6 Å². The third-order valence-electron chi connectivity index (χ3n) is 2.78. The molecule has 1 heterocycles. The summed E-state index contributed by atoms with van der Waals surface area (Å²) in [6, 6.07) is 5.74. The molecule has 5 heteroatoms. The van der Waals surface area contributed by atoms with E-state index in [1.807, 2.05) is 0 Å². The van der Waals surface area contributed by atoms with E-state index in [9.17, 15) is 9.50 Å². The van der Waals surface area contributed by atoms with E-state index in [0.29, 0.717) is 18.8 Å². The molecule has 0 bridgehead atoms. The molecule has 0 radical (unpaired) electrons. The lowest BCUT2D eigenvalue weighted by molar-refractivity contribution is -0.232. The van der Waals surface area contributed by atoms with Gasteiger partial charge in [-0.3, -0.25) is 0 Å². The van der Waals surface area contributed by atoms with Gasteiger partial charge in [0.2, 0.25) is 5.79 Å². The second-order valence-electron chi connectivity index (χ2n) is 3.90. The van der Waals surface area contributed by atoms with Crippen molar-refractivity contribution in [3.8, 4) is 0 Å². The summed E-state index contributed by atoms with van der Waals surface area (Å²) < 4.78 is 24.1. The molecule has 1 saturated heterocycles. The van der Waals surface area contributed by atoms with Gasteiger partial charge in [0, 0.05) is 18.6 Å². The van der Waals surface area contributed by atoms with Crippen LogP contribution in [0.1, 0.15) is 12.0 Å². The quantitative estimate of drug-likeness (QED) is 0.818. The molecule has 0 saturated carbocycles. The van der Waals surface area contributed by atoms with Crippen molar-refractivity contribution in [3.05, 3.63) is 35.6 Å². The summed E-state index contributed by atoms with van der Waals surface area (Å²) in [6.07, 6.45) is -0.923. The van der Waals surface area contributed by atoms with E-state index >= 15 is 0 Å². The maximum Gasteiger partial charge on any atom is 0.222 e. The Morgan fingerprint density at radius 2 is 2.06 bits per heavy atom. The van der Waals surface area contributed by atoms with Gasteiger partial charge in [-0.1, -0.05) is 12.1 Å². The van der Waals surface area contributed by atoms with Crippen LogP contribution in [0.2, 0.25) is 0 Å². The molecule has 1 aliphatic heterocycles. The van der Waals surface area contributed by atoms with Crippen LogP contribution in [-0.4, -0.2) is 36.1 Å². The summed E-state index contributed by atoms with van der Waals surface area (Å²) in [5, 5.41) is 18.9. The Morgan fingerprint density at radius 1 is 1.35 bits per heavy atom. The van der Waals surface area contributed by atoms with Crippen molar-refractivity contribution in [2.75, 3.05) is 19.8 Å². The SMILES string of the molecule is OCCC(O)C1(c2cccc(F)c2)OCCO1. The Morgan fingerprint density at radius 3 is 2.65 bits per heavy atom. The van der Waals surface area contributed by atoms with Gasteiger partial charge >= 0.3 is 0 Å². The van der Waals surface area contributed by atoms with Crippen LogP contribution in [0.15, 0.2) is 24.3 Å². The van der Waals surface area contributed by atoms with Gasteiger partial charge in [-0.25, -0.2) is 4.39 Å². The molecule has 1 atom stereocenters. The maximum absolute atomic E-state index is 13.2. The van der Waals surface area contributed by atoms with Crippen LogP contribution in [0.5, 0.6) is 0 Å². The Bertz CT molecular complexity index is 377. The molecular formula is C12H15FO4. The van der Waals surface area contributed by atoms with E-state index in [-0.39, 0.29) is 13.0 Å². The first-order valence-corrected chi connectivity index (χ1v) is 5.52. The molecule has 1 unspecified atom stereocenters. The minimum absolute atomic E-state index is 0.108. The molecule has 1 aliphatic rings. The van der Waals surface area contributed by atoms with Crippen LogP contribution in [0.3, 0.4) is 0 Å². The van der Waals surface area contributed by atoms with Gasteiger partial charge in [0.25, 0.3) is 0 Å². The lowest BCUT2D eigenvalue weighted by atomic mass is 9.98. The smallest absolute Gasteiger partial charge is 0.222 e. The minimum Gasteiger partial charge on any atom is -0.396 e. The van der Waals surface area contributed by atoms with Crippen molar-refractivity contribution >= 4 is 0 Å².